The molecule has 1 saturated heterocycles. The lowest BCUT2D eigenvalue weighted by molar-refractivity contribution is 0.422. The fourth-order valence-corrected chi connectivity index (χ4v) is 3.51. The number of rotatable bonds is 3. The van der Waals surface area contributed by atoms with Crippen LogP contribution < -0.4 is 0 Å². The molecule has 1 fully saturated rings. The predicted molar refractivity (Wildman–Crippen MR) is 65.1 cm³/mol. The van der Waals surface area contributed by atoms with E-state index in [1.807, 2.05) is 6.92 Å². The molecule has 0 saturated carbocycles. The average molecular weight is 257 g/mol. The summed E-state index contributed by atoms with van der Waals surface area (Å²) in [6.07, 6.45) is 7.33. The molecule has 2 rings (SSSR count). The van der Waals surface area contributed by atoms with Gasteiger partial charge in [0, 0.05) is 25.8 Å². The van der Waals surface area contributed by atoms with Gasteiger partial charge in [0.2, 0.25) is 0 Å². The number of nitrogens with zero attached hydrogens (tertiary/aromatic N) is 3. The van der Waals surface area contributed by atoms with Crippen LogP contribution in [0.3, 0.4) is 0 Å². The van der Waals surface area contributed by atoms with Gasteiger partial charge in [-0.15, -0.1) is 0 Å². The Hall–Kier alpha value is -0.880. The second-order valence-corrected chi connectivity index (χ2v) is 6.25. The molecular formula is C11H19N3O2S. The van der Waals surface area contributed by atoms with E-state index < -0.39 is 10.0 Å². The molecule has 1 aliphatic heterocycles. The quantitative estimate of drug-likeness (QED) is 0.824. The second kappa shape index (κ2) is 5.18. The molecule has 1 aliphatic rings. The maximum absolute atomic E-state index is 12.3. The van der Waals surface area contributed by atoms with Gasteiger partial charge in [-0.3, -0.25) is 0 Å². The molecule has 0 bridgehead atoms. The van der Waals surface area contributed by atoms with Crippen molar-refractivity contribution in [2.24, 2.45) is 0 Å². The average Bonchev–Trinajstić information content (AvgIpc) is 2.64. The minimum Gasteiger partial charge on any atom is -0.336 e. The minimum atomic E-state index is -3.37. The van der Waals surface area contributed by atoms with E-state index in [0.29, 0.717) is 13.1 Å². The first kappa shape index (κ1) is 12.6. The van der Waals surface area contributed by atoms with Crippen molar-refractivity contribution in [1.29, 1.82) is 0 Å². The van der Waals surface area contributed by atoms with Gasteiger partial charge in [0.15, 0.2) is 5.03 Å². The Kier molecular flexibility index (Phi) is 3.83. The molecular weight excluding hydrogens is 238 g/mol. The zero-order chi connectivity index (χ0) is 12.3. The second-order valence-electron chi connectivity index (χ2n) is 4.36. The molecule has 0 spiro atoms. The van der Waals surface area contributed by atoms with Crippen LogP contribution in [0.25, 0.3) is 0 Å². The third-order valence-electron chi connectivity index (χ3n) is 3.14. The highest BCUT2D eigenvalue weighted by Gasteiger charge is 2.26. The molecule has 0 unspecified atom stereocenters. The lowest BCUT2D eigenvalue weighted by Crippen LogP contribution is -2.32. The van der Waals surface area contributed by atoms with Crippen LogP contribution in [0.15, 0.2) is 17.6 Å². The topological polar surface area (TPSA) is 55.2 Å². The van der Waals surface area contributed by atoms with E-state index in [9.17, 15) is 8.42 Å². The van der Waals surface area contributed by atoms with Crippen molar-refractivity contribution >= 4 is 10.0 Å². The molecule has 0 aliphatic carbocycles. The van der Waals surface area contributed by atoms with Crippen molar-refractivity contribution in [3.63, 3.8) is 0 Å². The molecule has 0 N–H and O–H groups in total. The van der Waals surface area contributed by atoms with Gasteiger partial charge in [-0.2, -0.15) is 4.31 Å². The van der Waals surface area contributed by atoms with Crippen LogP contribution in [0, 0.1) is 0 Å². The molecule has 17 heavy (non-hydrogen) atoms. The SMILES string of the molecule is CCn1cnc(S(=O)(=O)N2CCCCCC2)c1. The van der Waals surface area contributed by atoms with Crippen molar-refractivity contribution in [2.75, 3.05) is 13.1 Å². The molecule has 1 aromatic rings. The van der Waals surface area contributed by atoms with Crippen molar-refractivity contribution in [3.05, 3.63) is 12.5 Å². The van der Waals surface area contributed by atoms with Crippen molar-refractivity contribution in [1.82, 2.24) is 13.9 Å². The van der Waals surface area contributed by atoms with Gasteiger partial charge >= 0.3 is 0 Å². The Morgan fingerprint density at radius 1 is 1.24 bits per heavy atom. The van der Waals surface area contributed by atoms with Crippen LogP contribution in [0.5, 0.6) is 0 Å². The fraction of sp³-hybridized carbons (Fsp3) is 0.727. The van der Waals surface area contributed by atoms with Gasteiger partial charge in [0.25, 0.3) is 10.0 Å². The Morgan fingerprint density at radius 2 is 1.88 bits per heavy atom. The highest BCUT2D eigenvalue weighted by atomic mass is 32.2. The first-order chi connectivity index (χ1) is 8.14. The van der Waals surface area contributed by atoms with Crippen LogP contribution in [0.2, 0.25) is 0 Å². The van der Waals surface area contributed by atoms with E-state index >= 15 is 0 Å². The smallest absolute Gasteiger partial charge is 0.262 e. The van der Waals surface area contributed by atoms with E-state index in [-0.39, 0.29) is 5.03 Å². The van der Waals surface area contributed by atoms with Crippen molar-refractivity contribution in [2.45, 2.75) is 44.2 Å². The monoisotopic (exact) mass is 257 g/mol. The van der Waals surface area contributed by atoms with E-state index in [2.05, 4.69) is 4.98 Å². The first-order valence-electron chi connectivity index (χ1n) is 6.16. The summed E-state index contributed by atoms with van der Waals surface area (Å²) in [7, 11) is -3.37. The lowest BCUT2D eigenvalue weighted by Gasteiger charge is -2.18. The number of aromatic nitrogens is 2. The molecule has 2 heterocycles. The number of hydrogen-bond acceptors (Lipinski definition) is 3. The van der Waals surface area contributed by atoms with E-state index in [0.717, 1.165) is 32.2 Å². The summed E-state index contributed by atoms with van der Waals surface area (Å²) in [5.41, 5.74) is 0. The molecule has 5 nitrogen and oxygen atoms in total. The summed E-state index contributed by atoms with van der Waals surface area (Å²) >= 11 is 0. The molecule has 0 amide bonds. The zero-order valence-electron chi connectivity index (χ0n) is 10.2. The lowest BCUT2D eigenvalue weighted by atomic mass is 10.2. The van der Waals surface area contributed by atoms with Gasteiger partial charge in [-0.05, 0) is 19.8 Å². The number of hydrogen-bond donors (Lipinski definition) is 0. The maximum Gasteiger partial charge on any atom is 0.262 e. The van der Waals surface area contributed by atoms with Gasteiger partial charge in [-0.25, -0.2) is 13.4 Å². The number of aryl methyl sites for hydroxylation is 1. The summed E-state index contributed by atoms with van der Waals surface area (Å²) in [5.74, 6) is 0. The van der Waals surface area contributed by atoms with Crippen molar-refractivity contribution in [3.8, 4) is 0 Å². The molecule has 96 valence electrons. The van der Waals surface area contributed by atoms with Gasteiger partial charge in [0.05, 0.1) is 6.33 Å². The minimum absolute atomic E-state index is 0.182. The Labute approximate surface area is 103 Å². The summed E-state index contributed by atoms with van der Waals surface area (Å²) in [4.78, 5) is 4.00. The summed E-state index contributed by atoms with van der Waals surface area (Å²) in [6.45, 7) is 3.95. The number of sulfonamides is 1. The zero-order valence-corrected chi connectivity index (χ0v) is 11.0. The third kappa shape index (κ3) is 2.69. The van der Waals surface area contributed by atoms with Gasteiger partial charge < -0.3 is 4.57 Å². The van der Waals surface area contributed by atoms with Gasteiger partial charge in [-0.1, -0.05) is 12.8 Å². The standard InChI is InChI=1S/C11H19N3O2S/c1-2-13-9-11(12-10-13)17(15,16)14-7-5-3-4-6-8-14/h9-10H,2-8H2,1H3. The van der Waals surface area contributed by atoms with E-state index in [1.165, 1.54) is 0 Å². The summed E-state index contributed by atoms with van der Waals surface area (Å²) < 4.78 is 28.0. The molecule has 0 radical (unpaired) electrons. The van der Waals surface area contributed by atoms with Gasteiger partial charge in [0.1, 0.15) is 0 Å². The van der Waals surface area contributed by atoms with Crippen LogP contribution in [-0.4, -0.2) is 35.4 Å². The summed E-state index contributed by atoms with van der Waals surface area (Å²) in [5, 5.41) is 0.182. The summed E-state index contributed by atoms with van der Waals surface area (Å²) in [6, 6.07) is 0. The molecule has 0 atom stereocenters. The maximum atomic E-state index is 12.3. The predicted octanol–water partition coefficient (Wildman–Crippen LogP) is 1.47. The fourth-order valence-electron chi connectivity index (χ4n) is 2.06. The Morgan fingerprint density at radius 3 is 2.41 bits per heavy atom. The molecule has 6 heteroatoms. The van der Waals surface area contributed by atoms with E-state index in [1.54, 1.807) is 21.4 Å². The van der Waals surface area contributed by atoms with Crippen LogP contribution in [0.1, 0.15) is 32.6 Å². The third-order valence-corrected chi connectivity index (χ3v) is 4.93. The largest absolute Gasteiger partial charge is 0.336 e. The highest BCUT2D eigenvalue weighted by molar-refractivity contribution is 7.89. The number of imidazole rings is 1. The molecule has 0 aromatic carbocycles. The highest BCUT2D eigenvalue weighted by Crippen LogP contribution is 2.18. The van der Waals surface area contributed by atoms with Crippen LogP contribution >= 0.6 is 0 Å². The van der Waals surface area contributed by atoms with E-state index in [4.69, 9.17) is 0 Å². The molecule has 1 aromatic heterocycles. The normalized spacial score (nSPS) is 19.1. The first-order valence-corrected chi connectivity index (χ1v) is 7.60. The van der Waals surface area contributed by atoms with Crippen molar-refractivity contribution < 1.29 is 8.42 Å². The van der Waals surface area contributed by atoms with Crippen LogP contribution in [-0.2, 0) is 16.6 Å². The Bertz CT molecular complexity index is 459. The van der Waals surface area contributed by atoms with Crippen LogP contribution in [0.4, 0.5) is 0 Å². The Balaban J connectivity index is 2.22.